The van der Waals surface area contributed by atoms with Crippen molar-refractivity contribution in [1.29, 1.82) is 0 Å². The van der Waals surface area contributed by atoms with E-state index in [1.54, 1.807) is 6.20 Å². The molecule has 6 nitrogen and oxygen atoms in total. The van der Waals surface area contributed by atoms with E-state index in [4.69, 9.17) is 4.74 Å². The Balaban J connectivity index is 1.53. The van der Waals surface area contributed by atoms with Crippen LogP contribution >= 0.6 is 0 Å². The maximum absolute atomic E-state index is 11.4. The first-order valence-corrected chi connectivity index (χ1v) is 10.0. The van der Waals surface area contributed by atoms with Gasteiger partial charge < -0.3 is 20.1 Å². The van der Waals surface area contributed by atoms with E-state index >= 15 is 0 Å². The molecule has 1 aromatic heterocycles. The summed E-state index contributed by atoms with van der Waals surface area (Å²) in [6.45, 7) is 3.34. The molecule has 3 aromatic rings. The summed E-state index contributed by atoms with van der Waals surface area (Å²) in [6, 6.07) is 16.2. The average Bonchev–Trinajstić information content (AvgIpc) is 2.76. The maximum Gasteiger partial charge on any atom is 0.337 e. The van der Waals surface area contributed by atoms with Gasteiger partial charge in [-0.1, -0.05) is 18.2 Å². The summed E-state index contributed by atoms with van der Waals surface area (Å²) in [6.07, 6.45) is 3.92. The molecule has 0 saturated heterocycles. The van der Waals surface area contributed by atoms with Gasteiger partial charge in [-0.05, 0) is 48.7 Å². The zero-order valence-electron chi connectivity index (χ0n) is 17.1. The highest BCUT2D eigenvalue weighted by atomic mass is 16.5. The third kappa shape index (κ3) is 4.08. The molecule has 1 aliphatic rings. The molecule has 2 aromatic carbocycles. The van der Waals surface area contributed by atoms with E-state index in [1.807, 2.05) is 7.05 Å². The van der Waals surface area contributed by atoms with E-state index in [-0.39, 0.29) is 11.5 Å². The quantitative estimate of drug-likeness (QED) is 0.614. The summed E-state index contributed by atoms with van der Waals surface area (Å²) in [7, 11) is 2.05. The van der Waals surface area contributed by atoms with E-state index in [9.17, 15) is 9.90 Å². The van der Waals surface area contributed by atoms with Gasteiger partial charge in [-0.2, -0.15) is 0 Å². The second kappa shape index (κ2) is 8.45. The van der Waals surface area contributed by atoms with Crippen molar-refractivity contribution >= 4 is 23.0 Å². The number of aryl methyl sites for hydroxylation is 1. The number of rotatable bonds is 6. The number of carboxylic acids is 1. The number of hydrogen-bond donors (Lipinski definition) is 2. The molecule has 2 heterocycles. The molecule has 0 saturated carbocycles. The van der Waals surface area contributed by atoms with Crippen molar-refractivity contribution in [2.75, 3.05) is 30.4 Å². The molecule has 0 amide bonds. The van der Waals surface area contributed by atoms with Crippen LogP contribution in [0.15, 0.2) is 60.9 Å². The van der Waals surface area contributed by atoms with Crippen LogP contribution in [0.2, 0.25) is 0 Å². The molecule has 30 heavy (non-hydrogen) atoms. The standard InChI is InChI=1S/C24H25N3O3/c1-16-4-3-5-18(12-16)27(2)19-6-7-20-17(9-11-30-23(20)13-19)14-26-22-15-25-10-8-21(22)24(28)29/h3-8,10,12-13,15,17,26H,9,11,14H2,1-2H3,(H,28,29)/t17-/m0/s1. The number of aromatic carboxylic acids is 1. The third-order valence-corrected chi connectivity index (χ3v) is 5.53. The van der Waals surface area contributed by atoms with Gasteiger partial charge in [-0.3, -0.25) is 4.98 Å². The molecule has 6 heteroatoms. The molecule has 154 valence electrons. The van der Waals surface area contributed by atoms with Gasteiger partial charge >= 0.3 is 5.97 Å². The number of fused-ring (bicyclic) bond motifs is 1. The van der Waals surface area contributed by atoms with Gasteiger partial charge in [0.2, 0.25) is 0 Å². The molecule has 1 atom stereocenters. The Labute approximate surface area is 176 Å². The molecule has 0 unspecified atom stereocenters. The van der Waals surface area contributed by atoms with Gasteiger partial charge in [0.25, 0.3) is 0 Å². The first-order chi connectivity index (χ1) is 14.5. The lowest BCUT2D eigenvalue weighted by Crippen LogP contribution is -2.22. The number of carboxylic acid groups (broad SMARTS) is 1. The summed E-state index contributed by atoms with van der Waals surface area (Å²) in [5.74, 6) is 0.153. The first-order valence-electron chi connectivity index (χ1n) is 10.0. The Bertz CT molecular complexity index is 1070. The SMILES string of the molecule is Cc1cccc(N(C)c2ccc3c(c2)OCC[C@H]3CNc2cnccc2C(=O)O)c1. The predicted molar refractivity (Wildman–Crippen MR) is 118 cm³/mol. The number of carbonyl (C=O) groups is 1. The number of ether oxygens (including phenoxy) is 1. The normalized spacial score (nSPS) is 15.1. The number of aromatic nitrogens is 1. The Morgan fingerprint density at radius 2 is 2.07 bits per heavy atom. The maximum atomic E-state index is 11.4. The zero-order chi connectivity index (χ0) is 21.1. The van der Waals surface area contributed by atoms with Crippen molar-refractivity contribution in [3.8, 4) is 5.75 Å². The van der Waals surface area contributed by atoms with Crippen LogP contribution in [0.25, 0.3) is 0 Å². The van der Waals surface area contributed by atoms with Gasteiger partial charge in [0.1, 0.15) is 5.75 Å². The van der Waals surface area contributed by atoms with Crippen molar-refractivity contribution in [3.63, 3.8) is 0 Å². The third-order valence-electron chi connectivity index (χ3n) is 5.53. The second-order valence-electron chi connectivity index (χ2n) is 7.56. The Kier molecular flexibility index (Phi) is 5.57. The fraction of sp³-hybridized carbons (Fsp3) is 0.250. The van der Waals surface area contributed by atoms with Crippen LogP contribution in [0.4, 0.5) is 17.1 Å². The van der Waals surface area contributed by atoms with E-state index in [1.165, 1.54) is 17.8 Å². The topological polar surface area (TPSA) is 74.7 Å². The minimum Gasteiger partial charge on any atom is -0.493 e. The monoisotopic (exact) mass is 403 g/mol. The molecule has 0 radical (unpaired) electrons. The Morgan fingerprint density at radius 3 is 2.87 bits per heavy atom. The van der Waals surface area contributed by atoms with Crippen LogP contribution in [-0.2, 0) is 0 Å². The lowest BCUT2D eigenvalue weighted by atomic mass is 9.92. The molecule has 2 N–H and O–H groups in total. The minimum absolute atomic E-state index is 0.229. The zero-order valence-corrected chi connectivity index (χ0v) is 17.1. The summed E-state index contributed by atoms with van der Waals surface area (Å²) < 4.78 is 5.96. The van der Waals surface area contributed by atoms with Crippen molar-refractivity contribution in [3.05, 3.63) is 77.6 Å². The highest BCUT2D eigenvalue weighted by Crippen LogP contribution is 2.38. The molecule has 0 bridgehead atoms. The second-order valence-corrected chi connectivity index (χ2v) is 7.56. The van der Waals surface area contributed by atoms with E-state index in [0.29, 0.717) is 18.8 Å². The molecule has 0 fully saturated rings. The molecular formula is C24H25N3O3. The van der Waals surface area contributed by atoms with Crippen LogP contribution in [0.1, 0.15) is 33.8 Å². The van der Waals surface area contributed by atoms with Crippen molar-refractivity contribution in [1.82, 2.24) is 4.98 Å². The summed E-state index contributed by atoms with van der Waals surface area (Å²) in [5.41, 5.74) is 5.31. The Hall–Kier alpha value is -3.54. The molecule has 0 aliphatic carbocycles. The van der Waals surface area contributed by atoms with Crippen molar-refractivity contribution in [2.24, 2.45) is 0 Å². The van der Waals surface area contributed by atoms with Gasteiger partial charge in [0, 0.05) is 43.1 Å². The fourth-order valence-electron chi connectivity index (χ4n) is 3.81. The van der Waals surface area contributed by atoms with E-state index in [2.05, 4.69) is 64.6 Å². The molecule has 0 spiro atoms. The average molecular weight is 403 g/mol. The van der Waals surface area contributed by atoms with E-state index in [0.717, 1.165) is 29.1 Å². The summed E-state index contributed by atoms with van der Waals surface area (Å²) >= 11 is 0. The number of hydrogen-bond acceptors (Lipinski definition) is 5. The Morgan fingerprint density at radius 1 is 1.23 bits per heavy atom. The van der Waals surface area contributed by atoms with Crippen molar-refractivity contribution in [2.45, 2.75) is 19.3 Å². The largest absolute Gasteiger partial charge is 0.493 e. The number of pyridine rings is 1. The minimum atomic E-state index is -0.962. The smallest absolute Gasteiger partial charge is 0.337 e. The highest BCUT2D eigenvalue weighted by molar-refractivity contribution is 5.93. The number of nitrogens with one attached hydrogen (secondary N) is 1. The molecular weight excluding hydrogens is 378 g/mol. The first kappa shape index (κ1) is 19.8. The van der Waals surface area contributed by atoms with Gasteiger partial charge in [0.05, 0.1) is 24.1 Å². The van der Waals surface area contributed by atoms with Gasteiger partial charge in [-0.25, -0.2) is 4.79 Å². The van der Waals surface area contributed by atoms with Gasteiger partial charge in [-0.15, -0.1) is 0 Å². The highest BCUT2D eigenvalue weighted by Gasteiger charge is 2.23. The van der Waals surface area contributed by atoms with Crippen LogP contribution in [-0.4, -0.2) is 36.3 Å². The van der Waals surface area contributed by atoms with Crippen LogP contribution in [0.3, 0.4) is 0 Å². The van der Waals surface area contributed by atoms with E-state index < -0.39 is 5.97 Å². The summed E-state index contributed by atoms with van der Waals surface area (Å²) in [5, 5.41) is 12.6. The van der Waals surface area contributed by atoms with Crippen LogP contribution in [0, 0.1) is 6.92 Å². The van der Waals surface area contributed by atoms with Crippen LogP contribution < -0.4 is 15.0 Å². The molecule has 1 aliphatic heterocycles. The summed E-state index contributed by atoms with van der Waals surface area (Å²) in [4.78, 5) is 17.6. The lowest BCUT2D eigenvalue weighted by Gasteiger charge is -2.28. The number of benzene rings is 2. The number of nitrogens with zero attached hydrogens (tertiary/aromatic N) is 2. The fourth-order valence-corrected chi connectivity index (χ4v) is 3.81. The van der Waals surface area contributed by atoms with Crippen LogP contribution in [0.5, 0.6) is 5.75 Å². The van der Waals surface area contributed by atoms with Gasteiger partial charge in [0.15, 0.2) is 0 Å². The number of anilines is 3. The van der Waals surface area contributed by atoms with Crippen molar-refractivity contribution < 1.29 is 14.6 Å². The lowest BCUT2D eigenvalue weighted by molar-refractivity contribution is 0.0697. The predicted octanol–water partition coefficient (Wildman–Crippen LogP) is 4.83. The molecule has 4 rings (SSSR count).